The maximum atomic E-state index is 13.4. The molecule has 0 N–H and O–H groups in total. The maximum absolute atomic E-state index is 13.4. The molecule has 0 saturated carbocycles. The van der Waals surface area contributed by atoms with Gasteiger partial charge in [-0.3, -0.25) is 14.2 Å². The maximum Gasteiger partial charge on any atom is 0.261 e. The fourth-order valence-corrected chi connectivity index (χ4v) is 4.05. The smallest absolute Gasteiger partial charge is 0.261 e. The van der Waals surface area contributed by atoms with Crippen LogP contribution in [-0.4, -0.2) is 26.9 Å². The Labute approximate surface area is 190 Å². The van der Waals surface area contributed by atoms with Crippen molar-refractivity contribution in [3.05, 3.63) is 73.2 Å². The van der Waals surface area contributed by atoms with E-state index in [0.29, 0.717) is 38.9 Å². The lowest BCUT2D eigenvalue weighted by atomic mass is 10.1. The third-order valence-corrected chi connectivity index (χ3v) is 5.87. The summed E-state index contributed by atoms with van der Waals surface area (Å²) >= 11 is 18.3. The van der Waals surface area contributed by atoms with Gasteiger partial charge < -0.3 is 4.90 Å². The van der Waals surface area contributed by atoms with Gasteiger partial charge in [0.15, 0.2) is 0 Å². The number of carbonyl (C=O) groups is 1. The first-order valence-electron chi connectivity index (χ1n) is 9.66. The summed E-state index contributed by atoms with van der Waals surface area (Å²) in [7, 11) is 1.65. The first-order chi connectivity index (χ1) is 14.2. The zero-order chi connectivity index (χ0) is 22.0. The summed E-state index contributed by atoms with van der Waals surface area (Å²) in [6.45, 7) is 4.42. The largest absolute Gasteiger partial charge is 0.329 e. The van der Waals surface area contributed by atoms with E-state index in [4.69, 9.17) is 34.8 Å². The Morgan fingerprint density at radius 3 is 2.47 bits per heavy atom. The number of aromatic nitrogens is 2. The van der Waals surface area contributed by atoms with Crippen molar-refractivity contribution in [3.8, 4) is 0 Å². The minimum atomic E-state index is -0.450. The van der Waals surface area contributed by atoms with Gasteiger partial charge in [0.25, 0.3) is 11.5 Å². The molecule has 1 heterocycles. The minimum absolute atomic E-state index is 0.211. The van der Waals surface area contributed by atoms with E-state index in [2.05, 4.69) is 11.9 Å². The Balaban J connectivity index is 2.08. The predicted octanol–water partition coefficient (Wildman–Crippen LogP) is 5.90. The highest BCUT2D eigenvalue weighted by molar-refractivity contribution is 6.36. The minimum Gasteiger partial charge on any atom is -0.329 e. The van der Waals surface area contributed by atoms with Crippen molar-refractivity contribution in [3.63, 3.8) is 0 Å². The number of halogens is 3. The van der Waals surface area contributed by atoms with Crippen molar-refractivity contribution in [1.82, 2.24) is 14.5 Å². The molecule has 5 nitrogen and oxygen atoms in total. The van der Waals surface area contributed by atoms with Crippen molar-refractivity contribution in [1.29, 1.82) is 0 Å². The monoisotopic (exact) mass is 465 g/mol. The summed E-state index contributed by atoms with van der Waals surface area (Å²) in [5.74, 6) is 0.257. The molecular weight excluding hydrogens is 445 g/mol. The molecule has 1 aromatic heterocycles. The third-order valence-electron chi connectivity index (χ3n) is 5.09. The summed E-state index contributed by atoms with van der Waals surface area (Å²) in [6.07, 6.45) is 1.71. The first-order valence-corrected chi connectivity index (χ1v) is 10.8. The molecule has 8 heteroatoms. The van der Waals surface area contributed by atoms with Gasteiger partial charge in [-0.2, -0.15) is 0 Å². The Hall–Kier alpha value is -2.08. The number of hydrogen-bond donors (Lipinski definition) is 0. The summed E-state index contributed by atoms with van der Waals surface area (Å²) in [4.78, 5) is 32.6. The van der Waals surface area contributed by atoms with Gasteiger partial charge in [-0.1, -0.05) is 48.1 Å². The van der Waals surface area contributed by atoms with E-state index in [1.54, 1.807) is 48.3 Å². The van der Waals surface area contributed by atoms with Crippen LogP contribution in [0.4, 0.5) is 0 Å². The zero-order valence-corrected chi connectivity index (χ0v) is 19.2. The number of carbonyl (C=O) groups excluding carboxylic acids is 1. The molecule has 158 valence electrons. The van der Waals surface area contributed by atoms with Gasteiger partial charge >= 0.3 is 0 Å². The molecule has 1 atom stereocenters. The second-order valence-electron chi connectivity index (χ2n) is 7.15. The molecule has 0 radical (unpaired) electrons. The van der Waals surface area contributed by atoms with Crippen LogP contribution in [-0.2, 0) is 7.05 Å². The quantitative estimate of drug-likeness (QED) is 0.454. The molecule has 1 amide bonds. The summed E-state index contributed by atoms with van der Waals surface area (Å²) in [5.41, 5.74) is 0.690. The van der Waals surface area contributed by atoms with Crippen LogP contribution in [0.1, 0.15) is 48.9 Å². The summed E-state index contributed by atoms with van der Waals surface area (Å²) in [5, 5.41) is 1.66. The average Bonchev–Trinajstić information content (AvgIpc) is 2.71. The normalized spacial score (nSPS) is 12.2. The van der Waals surface area contributed by atoms with Crippen LogP contribution in [0, 0.1) is 0 Å². The molecule has 3 aromatic rings. The molecule has 30 heavy (non-hydrogen) atoms. The fraction of sp³-hybridized carbons (Fsp3) is 0.318. The first kappa shape index (κ1) is 22.6. The fourth-order valence-electron chi connectivity index (χ4n) is 3.39. The lowest BCUT2D eigenvalue weighted by Gasteiger charge is -2.30. The number of rotatable bonds is 6. The molecule has 2 aromatic carbocycles. The van der Waals surface area contributed by atoms with E-state index in [-0.39, 0.29) is 16.5 Å². The van der Waals surface area contributed by atoms with E-state index in [1.165, 1.54) is 4.57 Å². The number of hydrogen-bond acceptors (Lipinski definition) is 3. The van der Waals surface area contributed by atoms with E-state index < -0.39 is 6.04 Å². The van der Waals surface area contributed by atoms with E-state index in [9.17, 15) is 9.59 Å². The third kappa shape index (κ3) is 4.48. The highest BCUT2D eigenvalue weighted by Crippen LogP contribution is 2.27. The molecule has 0 spiro atoms. The van der Waals surface area contributed by atoms with Crippen LogP contribution in [0.2, 0.25) is 15.1 Å². The molecule has 0 bridgehead atoms. The van der Waals surface area contributed by atoms with Gasteiger partial charge in [-0.05, 0) is 49.7 Å². The second-order valence-corrected chi connectivity index (χ2v) is 8.43. The van der Waals surface area contributed by atoms with Crippen molar-refractivity contribution >= 4 is 51.6 Å². The number of amides is 1. The van der Waals surface area contributed by atoms with Gasteiger partial charge in [0.2, 0.25) is 0 Å². The van der Waals surface area contributed by atoms with E-state index in [0.717, 1.165) is 12.8 Å². The zero-order valence-electron chi connectivity index (χ0n) is 17.0. The van der Waals surface area contributed by atoms with E-state index >= 15 is 0 Å². The SMILES string of the molecule is CCCCN(C(=O)c1ccc(Cl)cc1Cl)C(C)c1nc2ccc(Cl)cc2c(=O)n1C. The van der Waals surface area contributed by atoms with Crippen molar-refractivity contribution in [2.75, 3.05) is 6.54 Å². The highest BCUT2D eigenvalue weighted by Gasteiger charge is 2.27. The van der Waals surface area contributed by atoms with E-state index in [1.807, 2.05) is 6.92 Å². The molecule has 1 unspecified atom stereocenters. The molecule has 0 aliphatic heterocycles. The molecule has 0 aliphatic carbocycles. The van der Waals surface area contributed by atoms with Gasteiger partial charge in [-0.15, -0.1) is 0 Å². The number of unbranched alkanes of at least 4 members (excludes halogenated alkanes) is 1. The molecule has 3 rings (SSSR count). The highest BCUT2D eigenvalue weighted by atomic mass is 35.5. The Morgan fingerprint density at radius 1 is 1.13 bits per heavy atom. The van der Waals surface area contributed by atoms with Gasteiger partial charge in [-0.25, -0.2) is 4.98 Å². The molecule has 0 fully saturated rings. The van der Waals surface area contributed by atoms with Crippen molar-refractivity contribution in [2.45, 2.75) is 32.7 Å². The van der Waals surface area contributed by atoms with Crippen LogP contribution in [0.25, 0.3) is 10.9 Å². The molecule has 0 saturated heterocycles. The van der Waals surface area contributed by atoms with Crippen LogP contribution in [0.15, 0.2) is 41.2 Å². The number of nitrogens with zero attached hydrogens (tertiary/aromatic N) is 3. The topological polar surface area (TPSA) is 55.2 Å². The molecule has 0 aliphatic rings. The Kier molecular flexibility index (Phi) is 7.06. The number of fused-ring (bicyclic) bond motifs is 1. The average molecular weight is 467 g/mol. The van der Waals surface area contributed by atoms with Gasteiger partial charge in [0, 0.05) is 23.6 Å². The van der Waals surface area contributed by atoms with Crippen LogP contribution in [0.3, 0.4) is 0 Å². The Morgan fingerprint density at radius 2 is 1.80 bits per heavy atom. The van der Waals surface area contributed by atoms with Crippen LogP contribution >= 0.6 is 34.8 Å². The van der Waals surface area contributed by atoms with Crippen molar-refractivity contribution < 1.29 is 4.79 Å². The van der Waals surface area contributed by atoms with Crippen LogP contribution < -0.4 is 5.56 Å². The number of benzene rings is 2. The lowest BCUT2D eigenvalue weighted by molar-refractivity contribution is 0.0677. The summed E-state index contributed by atoms with van der Waals surface area (Å²) in [6, 6.07) is 9.36. The summed E-state index contributed by atoms with van der Waals surface area (Å²) < 4.78 is 1.47. The van der Waals surface area contributed by atoms with Crippen molar-refractivity contribution in [2.24, 2.45) is 7.05 Å². The Bertz CT molecular complexity index is 1160. The van der Waals surface area contributed by atoms with Crippen LogP contribution in [0.5, 0.6) is 0 Å². The predicted molar refractivity (Wildman–Crippen MR) is 123 cm³/mol. The second kappa shape index (κ2) is 9.38. The standard InChI is InChI=1S/C22H22Cl3N3O2/c1-4-5-10-28(22(30)16-8-6-15(24)12-18(16)25)13(2)20-26-19-9-7-14(23)11-17(19)21(29)27(20)3/h6-9,11-13H,4-5,10H2,1-3H3. The lowest BCUT2D eigenvalue weighted by Crippen LogP contribution is -2.38. The van der Waals surface area contributed by atoms with Gasteiger partial charge in [0.1, 0.15) is 5.82 Å². The molecular formula is C22H22Cl3N3O2. The van der Waals surface area contributed by atoms with Gasteiger partial charge in [0.05, 0.1) is 27.5 Å².